The van der Waals surface area contributed by atoms with Crippen molar-refractivity contribution in [1.29, 1.82) is 0 Å². The second kappa shape index (κ2) is 7.37. The largest absolute Gasteiger partial charge is 0.354 e. The van der Waals surface area contributed by atoms with Gasteiger partial charge in [0, 0.05) is 6.54 Å². The van der Waals surface area contributed by atoms with Crippen molar-refractivity contribution in [3.63, 3.8) is 0 Å². The maximum absolute atomic E-state index is 13.3. The fourth-order valence-electron chi connectivity index (χ4n) is 4.26. The second-order valence-electron chi connectivity index (χ2n) is 7.27. The van der Waals surface area contributed by atoms with Gasteiger partial charge >= 0.3 is 0 Å². The first kappa shape index (κ1) is 17.0. The van der Waals surface area contributed by atoms with E-state index in [1.54, 1.807) is 0 Å². The molecule has 1 aliphatic heterocycles. The number of amides is 2. The van der Waals surface area contributed by atoms with Crippen LogP contribution in [-0.2, 0) is 15.0 Å². The highest BCUT2D eigenvalue weighted by Gasteiger charge is 2.43. The molecule has 0 spiro atoms. The zero-order valence-electron chi connectivity index (χ0n) is 14.6. The maximum atomic E-state index is 13.3. The Morgan fingerprint density at radius 3 is 2.62 bits per heavy atom. The summed E-state index contributed by atoms with van der Waals surface area (Å²) in [6.45, 7) is 2.80. The van der Waals surface area contributed by atoms with Crippen molar-refractivity contribution < 1.29 is 9.59 Å². The average molecular weight is 328 g/mol. The van der Waals surface area contributed by atoms with Crippen LogP contribution >= 0.6 is 0 Å². The molecule has 2 aliphatic rings. The zero-order valence-corrected chi connectivity index (χ0v) is 14.6. The number of aryl methyl sites for hydroxylation is 1. The first-order chi connectivity index (χ1) is 11.6. The minimum atomic E-state index is -0.476. The molecule has 4 nitrogen and oxygen atoms in total. The number of rotatable bonds is 3. The predicted molar refractivity (Wildman–Crippen MR) is 94.7 cm³/mol. The SMILES string of the molecule is Cc1ccccc1C1(C(=O)N[C@H]2CCCCNC2=O)CCCCC1. The number of hydrogen-bond acceptors (Lipinski definition) is 2. The van der Waals surface area contributed by atoms with Crippen LogP contribution in [0.3, 0.4) is 0 Å². The Bertz CT molecular complexity index is 605. The molecule has 130 valence electrons. The molecule has 1 saturated heterocycles. The molecule has 0 bridgehead atoms. The summed E-state index contributed by atoms with van der Waals surface area (Å²) in [5.74, 6) is 0.00939. The van der Waals surface area contributed by atoms with Gasteiger partial charge in [-0.25, -0.2) is 0 Å². The molecule has 1 saturated carbocycles. The number of nitrogens with one attached hydrogen (secondary N) is 2. The van der Waals surface area contributed by atoms with Crippen LogP contribution in [0.5, 0.6) is 0 Å². The van der Waals surface area contributed by atoms with Crippen LogP contribution in [-0.4, -0.2) is 24.4 Å². The lowest BCUT2D eigenvalue weighted by Crippen LogP contribution is -2.53. The van der Waals surface area contributed by atoms with E-state index in [1.807, 2.05) is 12.1 Å². The van der Waals surface area contributed by atoms with Crippen molar-refractivity contribution >= 4 is 11.8 Å². The molecule has 2 amide bonds. The van der Waals surface area contributed by atoms with E-state index >= 15 is 0 Å². The second-order valence-corrected chi connectivity index (χ2v) is 7.27. The summed E-state index contributed by atoms with van der Waals surface area (Å²) in [4.78, 5) is 25.5. The lowest BCUT2D eigenvalue weighted by molar-refractivity contribution is -0.133. The Hall–Kier alpha value is -1.84. The summed E-state index contributed by atoms with van der Waals surface area (Å²) in [6, 6.07) is 7.82. The summed E-state index contributed by atoms with van der Waals surface area (Å²) in [7, 11) is 0. The van der Waals surface area contributed by atoms with Gasteiger partial charge in [-0.3, -0.25) is 9.59 Å². The number of carbonyl (C=O) groups excluding carboxylic acids is 2. The van der Waals surface area contributed by atoms with Crippen molar-refractivity contribution in [1.82, 2.24) is 10.6 Å². The van der Waals surface area contributed by atoms with Gasteiger partial charge < -0.3 is 10.6 Å². The highest BCUT2D eigenvalue weighted by Crippen LogP contribution is 2.41. The highest BCUT2D eigenvalue weighted by atomic mass is 16.2. The fraction of sp³-hybridized carbons (Fsp3) is 0.600. The summed E-state index contributed by atoms with van der Waals surface area (Å²) in [5.41, 5.74) is 1.83. The van der Waals surface area contributed by atoms with Gasteiger partial charge in [-0.2, -0.15) is 0 Å². The van der Waals surface area contributed by atoms with Crippen molar-refractivity contribution in [3.05, 3.63) is 35.4 Å². The molecular formula is C20H28N2O2. The van der Waals surface area contributed by atoms with E-state index in [1.165, 1.54) is 12.0 Å². The van der Waals surface area contributed by atoms with E-state index in [0.717, 1.165) is 50.5 Å². The number of carbonyl (C=O) groups is 2. The number of hydrogen-bond donors (Lipinski definition) is 2. The topological polar surface area (TPSA) is 58.2 Å². The quantitative estimate of drug-likeness (QED) is 0.896. The van der Waals surface area contributed by atoms with Gasteiger partial charge in [0.25, 0.3) is 0 Å². The lowest BCUT2D eigenvalue weighted by atomic mass is 9.67. The molecular weight excluding hydrogens is 300 g/mol. The van der Waals surface area contributed by atoms with Crippen molar-refractivity contribution in [2.75, 3.05) is 6.54 Å². The van der Waals surface area contributed by atoms with Gasteiger partial charge in [-0.1, -0.05) is 43.5 Å². The van der Waals surface area contributed by atoms with Gasteiger partial charge in [-0.05, 0) is 50.2 Å². The minimum Gasteiger partial charge on any atom is -0.354 e. The Labute approximate surface area is 144 Å². The van der Waals surface area contributed by atoms with Crippen LogP contribution in [0.25, 0.3) is 0 Å². The van der Waals surface area contributed by atoms with Crippen LogP contribution in [0.15, 0.2) is 24.3 Å². The van der Waals surface area contributed by atoms with Crippen LogP contribution in [0.4, 0.5) is 0 Å². The van der Waals surface area contributed by atoms with Gasteiger partial charge in [0.1, 0.15) is 6.04 Å². The highest BCUT2D eigenvalue weighted by molar-refractivity contribution is 5.93. The van der Waals surface area contributed by atoms with Crippen molar-refractivity contribution in [2.45, 2.75) is 69.7 Å². The monoisotopic (exact) mass is 328 g/mol. The van der Waals surface area contributed by atoms with Crippen molar-refractivity contribution in [3.8, 4) is 0 Å². The molecule has 1 atom stereocenters. The third kappa shape index (κ3) is 3.33. The molecule has 1 aliphatic carbocycles. The normalized spacial score (nSPS) is 23.9. The van der Waals surface area contributed by atoms with E-state index in [0.29, 0.717) is 6.54 Å². The van der Waals surface area contributed by atoms with Crippen LogP contribution in [0.1, 0.15) is 62.5 Å². The molecule has 1 heterocycles. The summed E-state index contributed by atoms with van der Waals surface area (Å²) in [5, 5.41) is 6.01. The number of benzene rings is 1. The lowest BCUT2D eigenvalue weighted by Gasteiger charge is -2.38. The van der Waals surface area contributed by atoms with E-state index in [9.17, 15) is 9.59 Å². The Balaban J connectivity index is 1.87. The first-order valence-electron chi connectivity index (χ1n) is 9.28. The first-order valence-corrected chi connectivity index (χ1v) is 9.28. The van der Waals surface area contributed by atoms with Crippen LogP contribution in [0.2, 0.25) is 0 Å². The molecule has 2 fully saturated rings. The summed E-state index contributed by atoms with van der Waals surface area (Å²) >= 11 is 0. The third-order valence-electron chi connectivity index (χ3n) is 5.64. The molecule has 1 aromatic rings. The fourth-order valence-corrected chi connectivity index (χ4v) is 4.26. The molecule has 3 rings (SSSR count). The smallest absolute Gasteiger partial charge is 0.242 e. The molecule has 0 aromatic heterocycles. The Kier molecular flexibility index (Phi) is 5.22. The van der Waals surface area contributed by atoms with E-state index in [4.69, 9.17) is 0 Å². The Morgan fingerprint density at radius 1 is 1.12 bits per heavy atom. The zero-order chi connectivity index (χ0) is 17.0. The summed E-state index contributed by atoms with van der Waals surface area (Å²) in [6.07, 6.45) is 7.77. The molecule has 0 radical (unpaired) electrons. The predicted octanol–water partition coefficient (Wildman–Crippen LogP) is 2.98. The Morgan fingerprint density at radius 2 is 1.88 bits per heavy atom. The van der Waals surface area contributed by atoms with Crippen molar-refractivity contribution in [2.24, 2.45) is 0 Å². The standard InChI is InChI=1S/C20H28N2O2/c1-15-9-3-4-10-16(15)20(12-6-2-7-13-20)19(24)22-17-11-5-8-14-21-18(17)23/h3-4,9-10,17H,2,5-8,11-14H2,1H3,(H,21,23)(H,22,24)/t17-/m0/s1. The van der Waals surface area contributed by atoms with E-state index in [2.05, 4.69) is 29.7 Å². The third-order valence-corrected chi connectivity index (χ3v) is 5.64. The molecule has 4 heteroatoms. The van der Waals surface area contributed by atoms with Gasteiger partial charge in [0.15, 0.2) is 0 Å². The van der Waals surface area contributed by atoms with Gasteiger partial charge in [-0.15, -0.1) is 0 Å². The molecule has 0 unspecified atom stereocenters. The molecule has 2 N–H and O–H groups in total. The van der Waals surface area contributed by atoms with E-state index < -0.39 is 5.41 Å². The minimum absolute atomic E-state index is 0.0309. The summed E-state index contributed by atoms with van der Waals surface area (Å²) < 4.78 is 0. The van der Waals surface area contributed by atoms with Crippen LogP contribution < -0.4 is 10.6 Å². The average Bonchev–Trinajstić information content (AvgIpc) is 2.80. The van der Waals surface area contributed by atoms with Gasteiger partial charge in [0.2, 0.25) is 11.8 Å². The van der Waals surface area contributed by atoms with E-state index in [-0.39, 0.29) is 17.9 Å². The molecule has 1 aromatic carbocycles. The molecule has 24 heavy (non-hydrogen) atoms. The van der Waals surface area contributed by atoms with Gasteiger partial charge in [0.05, 0.1) is 5.41 Å². The maximum Gasteiger partial charge on any atom is 0.242 e. The van der Waals surface area contributed by atoms with Crippen LogP contribution in [0, 0.1) is 6.92 Å².